The molecule has 1 atom stereocenters. The van der Waals surface area contributed by atoms with E-state index in [0.717, 1.165) is 18.6 Å². The summed E-state index contributed by atoms with van der Waals surface area (Å²) in [6.45, 7) is 6.15. The van der Waals surface area contributed by atoms with Crippen molar-refractivity contribution in [2.45, 2.75) is 31.3 Å². The summed E-state index contributed by atoms with van der Waals surface area (Å²) in [6.07, 6.45) is 5.74. The van der Waals surface area contributed by atoms with E-state index in [1.54, 1.807) is 17.8 Å². The number of rotatable bonds is 4. The molecule has 3 nitrogen and oxygen atoms in total. The molecule has 2 rings (SSSR count). The molecule has 0 saturated heterocycles. The van der Waals surface area contributed by atoms with Gasteiger partial charge in [0.05, 0.1) is 0 Å². The van der Waals surface area contributed by atoms with E-state index in [9.17, 15) is 0 Å². The van der Waals surface area contributed by atoms with E-state index >= 15 is 0 Å². The Labute approximate surface area is 123 Å². The lowest BCUT2D eigenvalue weighted by Gasteiger charge is -2.21. The monoisotopic (exact) mass is 295 g/mol. The largest absolute Gasteiger partial charge is 0.384 e. The van der Waals surface area contributed by atoms with Crippen LogP contribution in [0.4, 0.5) is 5.82 Å². The molecular formula is C14H18ClN3S. The third kappa shape index (κ3) is 4.25. The maximum atomic E-state index is 5.86. The van der Waals surface area contributed by atoms with Gasteiger partial charge in [-0.2, -0.15) is 0 Å². The number of anilines is 1. The summed E-state index contributed by atoms with van der Waals surface area (Å²) in [5.41, 5.74) is 8.38. The lowest BCUT2D eigenvalue weighted by atomic mass is 9.86. The average Bonchev–Trinajstić information content (AvgIpc) is 2.36. The molecule has 0 aliphatic heterocycles. The van der Waals surface area contributed by atoms with Gasteiger partial charge in [0.2, 0.25) is 0 Å². The van der Waals surface area contributed by atoms with Crippen molar-refractivity contribution in [1.29, 1.82) is 0 Å². The molecule has 1 aromatic rings. The van der Waals surface area contributed by atoms with Gasteiger partial charge in [-0.15, -0.1) is 0 Å². The van der Waals surface area contributed by atoms with Gasteiger partial charge < -0.3 is 5.73 Å². The molecule has 5 heteroatoms. The molecular weight excluding hydrogens is 278 g/mol. The highest BCUT2D eigenvalue weighted by Crippen LogP contribution is 2.31. The summed E-state index contributed by atoms with van der Waals surface area (Å²) < 4.78 is 0. The number of hydrogen-bond donors (Lipinski definition) is 1. The normalized spacial score (nSPS) is 19.1. The van der Waals surface area contributed by atoms with Crippen molar-refractivity contribution in [3.8, 4) is 0 Å². The van der Waals surface area contributed by atoms with Crippen molar-refractivity contribution >= 4 is 29.2 Å². The Bertz CT molecular complexity index is 493. The number of thioether (sulfide) groups is 1. The van der Waals surface area contributed by atoms with Crippen LogP contribution in [0, 0.1) is 5.92 Å². The van der Waals surface area contributed by atoms with Crippen molar-refractivity contribution in [1.82, 2.24) is 9.97 Å². The van der Waals surface area contributed by atoms with E-state index < -0.39 is 0 Å². The molecule has 0 saturated carbocycles. The van der Waals surface area contributed by atoms with E-state index in [2.05, 4.69) is 29.5 Å². The van der Waals surface area contributed by atoms with E-state index in [-0.39, 0.29) is 0 Å². The summed E-state index contributed by atoms with van der Waals surface area (Å²) >= 11 is 7.44. The highest BCUT2D eigenvalue weighted by molar-refractivity contribution is 7.99. The molecule has 1 aliphatic carbocycles. The minimum Gasteiger partial charge on any atom is -0.384 e. The number of nitrogen functional groups attached to an aromatic ring is 1. The van der Waals surface area contributed by atoms with Crippen LogP contribution in [0.15, 0.2) is 35.0 Å². The second-order valence-corrected chi connectivity index (χ2v) is 6.20. The van der Waals surface area contributed by atoms with Gasteiger partial charge in [0, 0.05) is 11.8 Å². The Hall–Kier alpha value is -1.00. The van der Waals surface area contributed by atoms with Crippen LogP contribution in [0.25, 0.3) is 0 Å². The third-order valence-electron chi connectivity index (χ3n) is 3.28. The quantitative estimate of drug-likeness (QED) is 0.393. The van der Waals surface area contributed by atoms with Gasteiger partial charge >= 0.3 is 0 Å². The molecule has 1 unspecified atom stereocenters. The Morgan fingerprint density at radius 3 is 2.95 bits per heavy atom. The summed E-state index contributed by atoms with van der Waals surface area (Å²) in [7, 11) is 0. The van der Waals surface area contributed by atoms with Crippen molar-refractivity contribution < 1.29 is 0 Å². The summed E-state index contributed by atoms with van der Waals surface area (Å²) in [5, 5.41) is 1.04. The zero-order chi connectivity index (χ0) is 13.8. The Balaban J connectivity index is 1.91. The van der Waals surface area contributed by atoms with Crippen molar-refractivity contribution in [2.24, 2.45) is 5.92 Å². The van der Waals surface area contributed by atoms with Crippen molar-refractivity contribution in [3.63, 3.8) is 0 Å². The first-order valence-electron chi connectivity index (χ1n) is 6.30. The summed E-state index contributed by atoms with van der Waals surface area (Å²) in [5.74, 6) is 1.97. The predicted octanol–water partition coefficient (Wildman–Crippen LogP) is 4.11. The second-order valence-electron chi connectivity index (χ2n) is 4.87. The number of hydrogen-bond acceptors (Lipinski definition) is 4. The van der Waals surface area contributed by atoms with Crippen LogP contribution in [0.3, 0.4) is 0 Å². The molecule has 0 amide bonds. The van der Waals surface area contributed by atoms with Crippen LogP contribution in [0.1, 0.15) is 26.2 Å². The van der Waals surface area contributed by atoms with Gasteiger partial charge in [0.15, 0.2) is 5.16 Å². The SMILES string of the molecule is C=C(C)C1CC=C(CSc2nc(N)cc(Cl)n2)CC1. The fourth-order valence-electron chi connectivity index (χ4n) is 2.10. The molecule has 0 spiro atoms. The number of halogens is 1. The lowest BCUT2D eigenvalue weighted by Crippen LogP contribution is -2.07. The smallest absolute Gasteiger partial charge is 0.191 e. The molecule has 2 N–H and O–H groups in total. The summed E-state index contributed by atoms with van der Waals surface area (Å²) in [4.78, 5) is 8.32. The second kappa shape index (κ2) is 6.44. The fourth-order valence-corrected chi connectivity index (χ4v) is 3.25. The first-order valence-corrected chi connectivity index (χ1v) is 7.67. The van der Waals surface area contributed by atoms with E-state index in [1.165, 1.54) is 17.6 Å². The molecule has 19 heavy (non-hydrogen) atoms. The van der Waals surface area contributed by atoms with Gasteiger partial charge in [-0.25, -0.2) is 9.97 Å². The molecule has 1 aromatic heterocycles. The minimum atomic E-state index is 0.398. The number of allylic oxidation sites excluding steroid dienone is 2. The minimum absolute atomic E-state index is 0.398. The summed E-state index contributed by atoms with van der Waals surface area (Å²) in [6, 6.07) is 1.56. The fraction of sp³-hybridized carbons (Fsp3) is 0.429. The Morgan fingerprint density at radius 1 is 1.58 bits per heavy atom. The van der Waals surface area contributed by atoms with Crippen LogP contribution in [0.5, 0.6) is 0 Å². The maximum Gasteiger partial charge on any atom is 0.191 e. The molecule has 0 fully saturated rings. The standard InChI is InChI=1S/C14H18ClN3S/c1-9(2)11-5-3-10(4-6-11)8-19-14-17-12(15)7-13(16)18-14/h3,7,11H,1,4-6,8H2,2H3,(H2,16,17,18). The van der Waals surface area contributed by atoms with Gasteiger partial charge in [0.1, 0.15) is 11.0 Å². The van der Waals surface area contributed by atoms with E-state index in [4.69, 9.17) is 17.3 Å². The Morgan fingerprint density at radius 2 is 2.37 bits per heavy atom. The van der Waals surface area contributed by atoms with Gasteiger partial charge in [-0.05, 0) is 32.1 Å². The molecule has 0 bridgehead atoms. The predicted molar refractivity (Wildman–Crippen MR) is 82.4 cm³/mol. The van der Waals surface area contributed by atoms with Crippen molar-refractivity contribution in [2.75, 3.05) is 11.5 Å². The van der Waals surface area contributed by atoms with E-state index in [1.807, 2.05) is 0 Å². The van der Waals surface area contributed by atoms with Crippen LogP contribution < -0.4 is 5.73 Å². The first-order chi connectivity index (χ1) is 9.04. The number of nitrogens with two attached hydrogens (primary N) is 1. The zero-order valence-electron chi connectivity index (χ0n) is 11.0. The van der Waals surface area contributed by atoms with Gasteiger partial charge in [0.25, 0.3) is 0 Å². The first kappa shape index (κ1) is 14.4. The number of aromatic nitrogens is 2. The van der Waals surface area contributed by atoms with E-state index in [0.29, 0.717) is 22.0 Å². The highest BCUT2D eigenvalue weighted by Gasteiger charge is 2.15. The Kier molecular flexibility index (Phi) is 4.88. The number of nitrogens with zero attached hydrogens (tertiary/aromatic N) is 2. The van der Waals surface area contributed by atoms with Crippen LogP contribution in [0.2, 0.25) is 5.15 Å². The third-order valence-corrected chi connectivity index (χ3v) is 4.43. The van der Waals surface area contributed by atoms with Crippen LogP contribution >= 0.6 is 23.4 Å². The van der Waals surface area contributed by atoms with Gasteiger partial charge in [-0.1, -0.05) is 47.2 Å². The molecule has 102 valence electrons. The molecule has 1 aliphatic rings. The van der Waals surface area contributed by atoms with Gasteiger partial charge in [-0.3, -0.25) is 0 Å². The van der Waals surface area contributed by atoms with Crippen LogP contribution in [-0.2, 0) is 0 Å². The molecule has 0 radical (unpaired) electrons. The average molecular weight is 296 g/mol. The lowest BCUT2D eigenvalue weighted by molar-refractivity contribution is 0.541. The molecule has 1 heterocycles. The van der Waals surface area contributed by atoms with Crippen LogP contribution in [-0.4, -0.2) is 15.7 Å². The van der Waals surface area contributed by atoms with Crippen molar-refractivity contribution in [3.05, 3.63) is 35.0 Å². The maximum absolute atomic E-state index is 5.86. The topological polar surface area (TPSA) is 51.8 Å². The molecule has 0 aromatic carbocycles. The zero-order valence-corrected chi connectivity index (χ0v) is 12.6. The highest BCUT2D eigenvalue weighted by atomic mass is 35.5.